The number of nitrogens with zero attached hydrogens (tertiary/aromatic N) is 1. The van der Waals surface area contributed by atoms with Crippen molar-refractivity contribution in [2.45, 2.75) is 58.3 Å². The summed E-state index contributed by atoms with van der Waals surface area (Å²) in [7, 11) is 0. The van der Waals surface area contributed by atoms with E-state index in [9.17, 15) is 4.79 Å². The Morgan fingerprint density at radius 1 is 1.30 bits per heavy atom. The van der Waals surface area contributed by atoms with E-state index >= 15 is 0 Å². The Morgan fingerprint density at radius 3 is 2.55 bits per heavy atom. The van der Waals surface area contributed by atoms with E-state index in [0.29, 0.717) is 24.7 Å². The monoisotopic (exact) mass is 281 g/mol. The van der Waals surface area contributed by atoms with E-state index in [0.717, 1.165) is 25.8 Å². The molecule has 0 radical (unpaired) electrons. The summed E-state index contributed by atoms with van der Waals surface area (Å²) in [6.45, 7) is 2.98. The minimum Gasteiger partial charge on any atom is -0.409 e. The van der Waals surface area contributed by atoms with Gasteiger partial charge in [-0.2, -0.15) is 0 Å². The van der Waals surface area contributed by atoms with Gasteiger partial charge in [-0.05, 0) is 31.1 Å². The molecule has 5 nitrogen and oxygen atoms in total. The number of nitrogens with two attached hydrogens (primary N) is 1. The normalized spacial score (nSPS) is 30.1. The molecule has 0 aliphatic heterocycles. The van der Waals surface area contributed by atoms with Crippen LogP contribution in [-0.2, 0) is 4.79 Å². The van der Waals surface area contributed by atoms with Gasteiger partial charge in [-0.1, -0.05) is 44.2 Å². The molecule has 2 fully saturated rings. The molecule has 0 saturated heterocycles. The maximum atomic E-state index is 12.6. The van der Waals surface area contributed by atoms with Crippen molar-refractivity contribution in [1.82, 2.24) is 5.32 Å². The number of carbonyl (C=O) groups excluding carboxylic acids is 1. The summed E-state index contributed by atoms with van der Waals surface area (Å²) in [5.74, 6) is 1.29. The second kappa shape index (κ2) is 6.46. The summed E-state index contributed by atoms with van der Waals surface area (Å²) in [6, 6.07) is 0. The minimum atomic E-state index is -0.783. The van der Waals surface area contributed by atoms with Crippen molar-refractivity contribution in [1.29, 1.82) is 0 Å². The van der Waals surface area contributed by atoms with Crippen molar-refractivity contribution in [2.75, 3.05) is 6.54 Å². The molecule has 0 bridgehead atoms. The van der Waals surface area contributed by atoms with Gasteiger partial charge >= 0.3 is 0 Å². The smallest absolute Gasteiger partial charge is 0.233 e. The lowest BCUT2D eigenvalue weighted by molar-refractivity contribution is -0.129. The molecule has 2 aliphatic carbocycles. The molecule has 114 valence electrons. The number of rotatable bonds is 4. The third-order valence-electron chi connectivity index (χ3n) is 5.30. The summed E-state index contributed by atoms with van der Waals surface area (Å²) in [4.78, 5) is 12.6. The van der Waals surface area contributed by atoms with Crippen LogP contribution in [-0.4, -0.2) is 23.5 Å². The average Bonchev–Trinajstić information content (AvgIpc) is 2.89. The first kappa shape index (κ1) is 15.1. The third-order valence-corrected chi connectivity index (χ3v) is 5.30. The Morgan fingerprint density at radius 2 is 2.00 bits per heavy atom. The topological polar surface area (TPSA) is 87.7 Å². The maximum absolute atomic E-state index is 12.6. The number of amides is 1. The first-order valence-corrected chi connectivity index (χ1v) is 7.86. The quantitative estimate of drug-likeness (QED) is 0.319. The lowest BCUT2D eigenvalue weighted by Gasteiger charge is -2.35. The SMILES string of the molecule is CC1CCCC1CNC(=O)C1(C(N)=NO)CCCCC1. The molecule has 2 saturated carbocycles. The van der Waals surface area contributed by atoms with Gasteiger partial charge in [0.2, 0.25) is 5.91 Å². The number of nitrogens with one attached hydrogen (secondary N) is 1. The van der Waals surface area contributed by atoms with Crippen molar-refractivity contribution >= 4 is 11.7 Å². The molecule has 1 amide bonds. The summed E-state index contributed by atoms with van der Waals surface area (Å²) in [5.41, 5.74) is 5.05. The predicted octanol–water partition coefficient (Wildman–Crippen LogP) is 2.24. The molecule has 4 N–H and O–H groups in total. The fraction of sp³-hybridized carbons (Fsp3) is 0.867. The second-order valence-electron chi connectivity index (χ2n) is 6.51. The van der Waals surface area contributed by atoms with Gasteiger partial charge in [-0.3, -0.25) is 4.79 Å². The molecule has 2 aliphatic rings. The van der Waals surface area contributed by atoms with Crippen LogP contribution < -0.4 is 11.1 Å². The largest absolute Gasteiger partial charge is 0.409 e. The summed E-state index contributed by atoms with van der Waals surface area (Å²) in [5, 5.41) is 15.2. The van der Waals surface area contributed by atoms with Crippen molar-refractivity contribution in [3.63, 3.8) is 0 Å². The molecular weight excluding hydrogens is 254 g/mol. The van der Waals surface area contributed by atoms with Crippen LogP contribution in [0.5, 0.6) is 0 Å². The molecule has 0 aromatic rings. The molecule has 0 spiro atoms. The Labute approximate surface area is 121 Å². The van der Waals surface area contributed by atoms with Crippen molar-refractivity contribution in [3.05, 3.63) is 0 Å². The number of carbonyl (C=O) groups is 1. The third kappa shape index (κ3) is 2.91. The molecule has 20 heavy (non-hydrogen) atoms. The molecule has 5 heteroatoms. The lowest BCUT2D eigenvalue weighted by Crippen LogP contribution is -2.51. The highest BCUT2D eigenvalue weighted by Crippen LogP contribution is 2.37. The Kier molecular flexibility index (Phi) is 4.89. The zero-order chi connectivity index (χ0) is 14.6. The highest BCUT2D eigenvalue weighted by molar-refractivity contribution is 6.06. The van der Waals surface area contributed by atoms with Crippen LogP contribution >= 0.6 is 0 Å². The van der Waals surface area contributed by atoms with Gasteiger partial charge in [0.15, 0.2) is 5.84 Å². The molecule has 0 aromatic carbocycles. The van der Waals surface area contributed by atoms with Crippen LogP contribution in [0.1, 0.15) is 58.3 Å². The standard InChI is InChI=1S/C15H27N3O2/c1-11-6-5-7-12(11)10-17-14(19)15(13(16)18-20)8-3-2-4-9-15/h11-12,20H,2-10H2,1H3,(H2,16,18)(H,17,19). The van der Waals surface area contributed by atoms with E-state index in [4.69, 9.17) is 10.9 Å². The van der Waals surface area contributed by atoms with Gasteiger partial charge in [0.25, 0.3) is 0 Å². The van der Waals surface area contributed by atoms with E-state index in [1.807, 2.05) is 0 Å². The van der Waals surface area contributed by atoms with Crippen LogP contribution in [0.3, 0.4) is 0 Å². The zero-order valence-electron chi connectivity index (χ0n) is 12.4. The second-order valence-corrected chi connectivity index (χ2v) is 6.51. The average molecular weight is 281 g/mol. The first-order valence-electron chi connectivity index (χ1n) is 7.86. The summed E-state index contributed by atoms with van der Waals surface area (Å²) in [6.07, 6.45) is 8.13. The van der Waals surface area contributed by atoms with Crippen LogP contribution in [0.2, 0.25) is 0 Å². The fourth-order valence-electron chi connectivity index (χ4n) is 3.77. The van der Waals surface area contributed by atoms with Crippen LogP contribution in [0.15, 0.2) is 5.16 Å². The summed E-state index contributed by atoms with van der Waals surface area (Å²) < 4.78 is 0. The van der Waals surface area contributed by atoms with Crippen molar-refractivity contribution < 1.29 is 10.0 Å². The van der Waals surface area contributed by atoms with Crippen molar-refractivity contribution in [2.24, 2.45) is 28.1 Å². The highest BCUT2D eigenvalue weighted by Gasteiger charge is 2.44. The van der Waals surface area contributed by atoms with Gasteiger partial charge in [0, 0.05) is 6.54 Å². The number of hydrogen-bond donors (Lipinski definition) is 3. The molecule has 2 atom stereocenters. The molecule has 0 aromatic heterocycles. The molecule has 2 rings (SSSR count). The number of amidine groups is 1. The Bertz CT molecular complexity index is 375. The first-order chi connectivity index (χ1) is 9.60. The fourth-order valence-corrected chi connectivity index (χ4v) is 3.77. The van der Waals surface area contributed by atoms with Crippen LogP contribution in [0, 0.1) is 17.3 Å². The van der Waals surface area contributed by atoms with Gasteiger partial charge in [0.1, 0.15) is 5.41 Å². The molecule has 0 heterocycles. The van der Waals surface area contributed by atoms with E-state index in [2.05, 4.69) is 17.4 Å². The number of hydrogen-bond acceptors (Lipinski definition) is 3. The van der Waals surface area contributed by atoms with E-state index in [1.165, 1.54) is 19.3 Å². The summed E-state index contributed by atoms with van der Waals surface area (Å²) >= 11 is 0. The zero-order valence-corrected chi connectivity index (χ0v) is 12.4. The van der Waals surface area contributed by atoms with Crippen LogP contribution in [0.25, 0.3) is 0 Å². The van der Waals surface area contributed by atoms with Crippen LogP contribution in [0.4, 0.5) is 0 Å². The Balaban J connectivity index is 2.00. The highest BCUT2D eigenvalue weighted by atomic mass is 16.4. The van der Waals surface area contributed by atoms with E-state index < -0.39 is 5.41 Å². The number of oxime groups is 1. The van der Waals surface area contributed by atoms with Gasteiger partial charge in [-0.15, -0.1) is 0 Å². The maximum Gasteiger partial charge on any atom is 0.233 e. The lowest BCUT2D eigenvalue weighted by atomic mass is 9.72. The van der Waals surface area contributed by atoms with Crippen molar-refractivity contribution in [3.8, 4) is 0 Å². The molecular formula is C15H27N3O2. The Hall–Kier alpha value is -1.26. The minimum absolute atomic E-state index is 0.0494. The van der Waals surface area contributed by atoms with Gasteiger partial charge in [0.05, 0.1) is 0 Å². The predicted molar refractivity (Wildman–Crippen MR) is 78.4 cm³/mol. The van der Waals surface area contributed by atoms with Gasteiger partial charge < -0.3 is 16.3 Å². The van der Waals surface area contributed by atoms with E-state index in [1.54, 1.807) is 0 Å². The van der Waals surface area contributed by atoms with E-state index in [-0.39, 0.29) is 11.7 Å². The molecule has 2 unspecified atom stereocenters. The van der Waals surface area contributed by atoms with Gasteiger partial charge in [-0.25, -0.2) is 0 Å².